The van der Waals surface area contributed by atoms with Gasteiger partial charge in [0.25, 0.3) is 5.56 Å². The molecule has 0 saturated heterocycles. The van der Waals surface area contributed by atoms with Crippen LogP contribution >= 0.6 is 11.6 Å². The molecule has 0 fully saturated rings. The Kier molecular flexibility index (Phi) is 5.75. The number of halogens is 2. The number of hydrogen-bond acceptors (Lipinski definition) is 4. The Labute approximate surface area is 200 Å². The Morgan fingerprint density at radius 2 is 1.71 bits per heavy atom. The van der Waals surface area contributed by atoms with Crippen molar-refractivity contribution in [3.63, 3.8) is 0 Å². The highest BCUT2D eigenvalue weighted by molar-refractivity contribution is 6.35. The van der Waals surface area contributed by atoms with Crippen molar-refractivity contribution in [2.45, 2.75) is 19.9 Å². The largest absolute Gasteiger partial charge is 0.361 e. The summed E-state index contributed by atoms with van der Waals surface area (Å²) < 4.78 is 16.4. The molecule has 5 aromatic rings. The molecule has 0 amide bonds. The lowest BCUT2D eigenvalue weighted by atomic mass is 9.97. The second-order valence-electron chi connectivity index (χ2n) is 8.47. The SMILES string of the molecule is CC(C)C(Nc1ncnc2cccc(F)c12)c1cc2cccc(Cl)c2c(=O)n1-c1ccccc1. The van der Waals surface area contributed by atoms with Gasteiger partial charge in [-0.3, -0.25) is 9.36 Å². The third kappa shape index (κ3) is 3.80. The summed E-state index contributed by atoms with van der Waals surface area (Å²) in [6.07, 6.45) is 1.41. The van der Waals surface area contributed by atoms with Crippen LogP contribution in [0.5, 0.6) is 0 Å². The molecule has 5 nitrogen and oxygen atoms in total. The first kappa shape index (κ1) is 22.0. The molecule has 5 rings (SSSR count). The van der Waals surface area contributed by atoms with E-state index < -0.39 is 5.82 Å². The third-order valence-electron chi connectivity index (χ3n) is 5.93. The molecule has 0 aliphatic heterocycles. The second kappa shape index (κ2) is 8.88. The molecule has 0 bridgehead atoms. The van der Waals surface area contributed by atoms with Crippen molar-refractivity contribution in [3.05, 3.63) is 106 Å². The van der Waals surface area contributed by atoms with Crippen LogP contribution in [-0.4, -0.2) is 14.5 Å². The Morgan fingerprint density at radius 3 is 2.47 bits per heavy atom. The number of aromatic nitrogens is 3. The smallest absolute Gasteiger partial charge is 0.264 e. The monoisotopic (exact) mass is 472 g/mol. The fourth-order valence-corrected chi connectivity index (χ4v) is 4.58. The van der Waals surface area contributed by atoms with Gasteiger partial charge in [-0.25, -0.2) is 14.4 Å². The summed E-state index contributed by atoms with van der Waals surface area (Å²) in [5.74, 6) is -0.00307. The van der Waals surface area contributed by atoms with Crippen LogP contribution in [0.3, 0.4) is 0 Å². The first-order valence-electron chi connectivity index (χ1n) is 11.0. The van der Waals surface area contributed by atoms with E-state index in [4.69, 9.17) is 11.6 Å². The van der Waals surface area contributed by atoms with Crippen molar-refractivity contribution in [1.82, 2.24) is 14.5 Å². The van der Waals surface area contributed by atoms with Crippen LogP contribution in [-0.2, 0) is 0 Å². The fourth-order valence-electron chi connectivity index (χ4n) is 4.32. The van der Waals surface area contributed by atoms with Crippen LogP contribution in [0.15, 0.2) is 83.9 Å². The Hall–Kier alpha value is -3.77. The molecular weight excluding hydrogens is 451 g/mol. The van der Waals surface area contributed by atoms with Gasteiger partial charge in [0, 0.05) is 11.4 Å². The number of pyridine rings is 1. The lowest BCUT2D eigenvalue weighted by Crippen LogP contribution is -2.29. The highest BCUT2D eigenvalue weighted by Gasteiger charge is 2.24. The lowest BCUT2D eigenvalue weighted by molar-refractivity contribution is 0.523. The highest BCUT2D eigenvalue weighted by Crippen LogP contribution is 2.33. The van der Waals surface area contributed by atoms with Crippen LogP contribution in [0.1, 0.15) is 25.6 Å². The summed E-state index contributed by atoms with van der Waals surface area (Å²) in [5, 5.41) is 5.32. The lowest BCUT2D eigenvalue weighted by Gasteiger charge is -2.27. The average molecular weight is 473 g/mol. The molecule has 0 radical (unpaired) electrons. The van der Waals surface area contributed by atoms with Crippen LogP contribution < -0.4 is 10.9 Å². The van der Waals surface area contributed by atoms with Gasteiger partial charge in [0.1, 0.15) is 18.0 Å². The third-order valence-corrected chi connectivity index (χ3v) is 6.24. The Bertz CT molecular complexity index is 1560. The number of nitrogens with one attached hydrogen (secondary N) is 1. The van der Waals surface area contributed by atoms with E-state index in [1.54, 1.807) is 22.8 Å². The minimum absolute atomic E-state index is 0.0304. The summed E-state index contributed by atoms with van der Waals surface area (Å²) >= 11 is 6.44. The number of rotatable bonds is 5. The van der Waals surface area contributed by atoms with E-state index in [-0.39, 0.29) is 17.5 Å². The number of fused-ring (bicyclic) bond motifs is 2. The molecule has 0 aliphatic carbocycles. The summed E-state index contributed by atoms with van der Waals surface area (Å²) in [4.78, 5) is 22.3. The molecular formula is C27H22ClFN4O. The maximum Gasteiger partial charge on any atom is 0.264 e. The van der Waals surface area contributed by atoms with Crippen molar-refractivity contribution in [3.8, 4) is 5.69 Å². The molecule has 170 valence electrons. The number of hydrogen-bond donors (Lipinski definition) is 1. The van der Waals surface area contributed by atoms with E-state index in [2.05, 4.69) is 15.3 Å². The average Bonchev–Trinajstić information content (AvgIpc) is 2.83. The second-order valence-corrected chi connectivity index (χ2v) is 8.88. The number of benzene rings is 3. The molecule has 1 N–H and O–H groups in total. The Morgan fingerprint density at radius 1 is 0.941 bits per heavy atom. The molecule has 0 aliphatic rings. The number of anilines is 1. The molecule has 34 heavy (non-hydrogen) atoms. The van der Waals surface area contributed by atoms with Gasteiger partial charge in [0.05, 0.1) is 27.4 Å². The van der Waals surface area contributed by atoms with Crippen LogP contribution in [0.2, 0.25) is 5.02 Å². The summed E-state index contributed by atoms with van der Waals surface area (Å²) in [6, 6.07) is 21.2. The van der Waals surface area contributed by atoms with E-state index in [0.717, 1.165) is 16.8 Å². The Balaban J connectivity index is 1.77. The fraction of sp³-hybridized carbons (Fsp3) is 0.148. The minimum atomic E-state index is -0.408. The van der Waals surface area contributed by atoms with Gasteiger partial charge in [-0.1, -0.05) is 61.8 Å². The first-order chi connectivity index (χ1) is 16.5. The molecule has 0 saturated carbocycles. The molecule has 2 heterocycles. The van der Waals surface area contributed by atoms with E-state index in [1.807, 2.05) is 62.4 Å². The van der Waals surface area contributed by atoms with Crippen molar-refractivity contribution in [2.75, 3.05) is 5.32 Å². The topological polar surface area (TPSA) is 59.8 Å². The molecule has 3 aromatic carbocycles. The zero-order chi connectivity index (χ0) is 23.8. The van der Waals surface area contributed by atoms with Crippen molar-refractivity contribution in [2.24, 2.45) is 5.92 Å². The van der Waals surface area contributed by atoms with Crippen molar-refractivity contribution < 1.29 is 4.39 Å². The van der Waals surface area contributed by atoms with Gasteiger partial charge in [-0.15, -0.1) is 0 Å². The van der Waals surface area contributed by atoms with Crippen molar-refractivity contribution >= 4 is 39.1 Å². The zero-order valence-corrected chi connectivity index (χ0v) is 19.4. The predicted molar refractivity (Wildman–Crippen MR) is 135 cm³/mol. The maximum atomic E-state index is 14.8. The van der Waals surface area contributed by atoms with E-state index in [1.165, 1.54) is 12.4 Å². The zero-order valence-electron chi connectivity index (χ0n) is 18.7. The quantitative estimate of drug-likeness (QED) is 0.315. The summed E-state index contributed by atoms with van der Waals surface area (Å²) in [6.45, 7) is 4.08. The van der Waals surface area contributed by atoms with Gasteiger partial charge in [0.15, 0.2) is 0 Å². The molecule has 7 heteroatoms. The molecule has 0 spiro atoms. The van der Waals surface area contributed by atoms with Crippen LogP contribution in [0.4, 0.5) is 10.2 Å². The number of para-hydroxylation sites is 1. The molecule has 2 aromatic heterocycles. The standard InChI is InChI=1S/C27H22ClFN4O/c1-16(2)25(32-26-24-20(29)12-7-13-21(24)30-15-31-26)22-14-17-8-6-11-19(28)23(17)27(34)33(22)18-9-4-3-5-10-18/h3-16,25H,1-2H3,(H,30,31,32). The van der Waals surface area contributed by atoms with E-state index in [0.29, 0.717) is 27.1 Å². The van der Waals surface area contributed by atoms with Crippen molar-refractivity contribution in [1.29, 1.82) is 0 Å². The van der Waals surface area contributed by atoms with Crippen LogP contribution in [0.25, 0.3) is 27.4 Å². The highest BCUT2D eigenvalue weighted by atomic mass is 35.5. The van der Waals surface area contributed by atoms with E-state index in [9.17, 15) is 9.18 Å². The van der Waals surface area contributed by atoms with Gasteiger partial charge in [-0.05, 0) is 47.7 Å². The van der Waals surface area contributed by atoms with Gasteiger partial charge in [-0.2, -0.15) is 0 Å². The van der Waals surface area contributed by atoms with Gasteiger partial charge >= 0.3 is 0 Å². The summed E-state index contributed by atoms with van der Waals surface area (Å²) in [5.41, 5.74) is 1.74. The van der Waals surface area contributed by atoms with E-state index >= 15 is 0 Å². The molecule has 1 unspecified atom stereocenters. The number of nitrogens with zero attached hydrogens (tertiary/aromatic N) is 3. The minimum Gasteiger partial charge on any atom is -0.361 e. The normalized spacial score (nSPS) is 12.4. The van der Waals surface area contributed by atoms with Crippen LogP contribution in [0, 0.1) is 11.7 Å². The molecule has 1 atom stereocenters. The predicted octanol–water partition coefficient (Wildman–Crippen LogP) is 6.54. The maximum absolute atomic E-state index is 14.8. The van der Waals surface area contributed by atoms with Gasteiger partial charge < -0.3 is 5.32 Å². The first-order valence-corrected chi connectivity index (χ1v) is 11.4. The summed E-state index contributed by atoms with van der Waals surface area (Å²) in [7, 11) is 0. The van der Waals surface area contributed by atoms with Gasteiger partial charge in [0.2, 0.25) is 0 Å².